The molecule has 0 unspecified atom stereocenters. The van der Waals surface area contributed by atoms with Gasteiger partial charge >= 0.3 is 0 Å². The Morgan fingerprint density at radius 3 is 3.04 bits per heavy atom. The van der Waals surface area contributed by atoms with Gasteiger partial charge in [-0.2, -0.15) is 0 Å². The second kappa shape index (κ2) is 7.06. The maximum Gasteiger partial charge on any atom is 0.258 e. The van der Waals surface area contributed by atoms with Crippen LogP contribution in [0.5, 0.6) is 0 Å². The summed E-state index contributed by atoms with van der Waals surface area (Å²) in [5.41, 5.74) is 1.74. The highest BCUT2D eigenvalue weighted by Crippen LogP contribution is 2.15. The van der Waals surface area contributed by atoms with Crippen LogP contribution in [0.25, 0.3) is 10.9 Å². The van der Waals surface area contributed by atoms with Gasteiger partial charge in [-0.3, -0.25) is 9.69 Å². The van der Waals surface area contributed by atoms with Crippen molar-refractivity contribution in [2.45, 2.75) is 32.4 Å². The van der Waals surface area contributed by atoms with E-state index in [9.17, 15) is 4.79 Å². The predicted molar refractivity (Wildman–Crippen MR) is 91.4 cm³/mol. The Balaban J connectivity index is 1.80. The van der Waals surface area contributed by atoms with Crippen LogP contribution in [-0.4, -0.2) is 40.7 Å². The summed E-state index contributed by atoms with van der Waals surface area (Å²) in [6, 6.07) is 7.42. The van der Waals surface area contributed by atoms with Crippen LogP contribution in [-0.2, 0) is 11.3 Å². The van der Waals surface area contributed by atoms with E-state index in [0.717, 1.165) is 43.6 Å². The van der Waals surface area contributed by atoms with Gasteiger partial charge in [0, 0.05) is 19.7 Å². The van der Waals surface area contributed by atoms with Crippen molar-refractivity contribution in [2.75, 3.05) is 19.7 Å². The number of aromatic amines is 1. The summed E-state index contributed by atoms with van der Waals surface area (Å²) in [6.45, 7) is 9.06. The van der Waals surface area contributed by atoms with E-state index >= 15 is 0 Å². The highest BCUT2D eigenvalue weighted by atomic mass is 16.5. The summed E-state index contributed by atoms with van der Waals surface area (Å²) in [7, 11) is 0. The number of hydrogen-bond donors (Lipinski definition) is 1. The summed E-state index contributed by atoms with van der Waals surface area (Å²) >= 11 is 0. The fraction of sp³-hybridized carbons (Fsp3) is 0.444. The van der Waals surface area contributed by atoms with Gasteiger partial charge < -0.3 is 9.72 Å². The van der Waals surface area contributed by atoms with Crippen molar-refractivity contribution >= 4 is 10.9 Å². The zero-order chi connectivity index (χ0) is 16.2. The zero-order valence-corrected chi connectivity index (χ0v) is 13.5. The molecule has 122 valence electrons. The maximum atomic E-state index is 12.2. The minimum absolute atomic E-state index is 0.0852. The first kappa shape index (κ1) is 15.9. The Labute approximate surface area is 136 Å². The number of benzene rings is 1. The van der Waals surface area contributed by atoms with Gasteiger partial charge in [0.15, 0.2) is 0 Å². The molecule has 1 aromatic carbocycles. The molecule has 1 N–H and O–H groups in total. The molecule has 1 atom stereocenters. The smallest absolute Gasteiger partial charge is 0.258 e. The number of nitrogens with zero attached hydrogens (tertiary/aromatic N) is 2. The van der Waals surface area contributed by atoms with E-state index in [-0.39, 0.29) is 11.7 Å². The minimum atomic E-state index is -0.0852. The third kappa shape index (κ3) is 4.06. The van der Waals surface area contributed by atoms with Crippen molar-refractivity contribution in [3.05, 3.63) is 52.6 Å². The standard InChI is InChI=1S/C18H23N3O2/c1-13(2)10-21(11-14-6-5-9-23-14)12-17-19-16-8-4-3-7-15(16)18(22)20-17/h3-4,7-8,14H,1,5-6,9-12H2,2H3,(H,19,20,22)/t14-/m1/s1. The van der Waals surface area contributed by atoms with E-state index in [2.05, 4.69) is 21.4 Å². The number of aromatic nitrogens is 2. The highest BCUT2D eigenvalue weighted by Gasteiger charge is 2.20. The third-order valence-corrected chi connectivity index (χ3v) is 4.01. The maximum absolute atomic E-state index is 12.2. The average molecular weight is 313 g/mol. The first-order chi connectivity index (χ1) is 11.1. The number of hydrogen-bond acceptors (Lipinski definition) is 4. The molecule has 0 spiro atoms. The topological polar surface area (TPSA) is 58.2 Å². The van der Waals surface area contributed by atoms with Gasteiger partial charge in [-0.05, 0) is 31.9 Å². The average Bonchev–Trinajstić information content (AvgIpc) is 2.99. The van der Waals surface area contributed by atoms with Crippen LogP contribution in [0.15, 0.2) is 41.2 Å². The summed E-state index contributed by atoms with van der Waals surface area (Å²) in [5, 5.41) is 0.627. The van der Waals surface area contributed by atoms with Gasteiger partial charge in [0.05, 0.1) is 23.6 Å². The lowest BCUT2D eigenvalue weighted by molar-refractivity contribution is 0.0730. The lowest BCUT2D eigenvalue weighted by Crippen LogP contribution is -2.34. The molecule has 0 radical (unpaired) electrons. The van der Waals surface area contributed by atoms with Crippen molar-refractivity contribution < 1.29 is 4.74 Å². The van der Waals surface area contributed by atoms with Crippen molar-refractivity contribution in [1.29, 1.82) is 0 Å². The lowest BCUT2D eigenvalue weighted by atomic mass is 10.2. The molecule has 3 rings (SSSR count). The Morgan fingerprint density at radius 1 is 1.48 bits per heavy atom. The van der Waals surface area contributed by atoms with Gasteiger partial charge in [-0.1, -0.05) is 24.3 Å². The molecule has 1 saturated heterocycles. The van der Waals surface area contributed by atoms with E-state index in [4.69, 9.17) is 4.74 Å². The molecule has 1 aliphatic heterocycles. The number of fused-ring (bicyclic) bond motifs is 1. The summed E-state index contributed by atoms with van der Waals surface area (Å²) in [5.74, 6) is 0.688. The number of ether oxygens (including phenoxy) is 1. The molecule has 1 fully saturated rings. The van der Waals surface area contributed by atoms with Crippen LogP contribution >= 0.6 is 0 Å². The molecule has 5 nitrogen and oxygen atoms in total. The fourth-order valence-electron chi connectivity index (χ4n) is 3.06. The minimum Gasteiger partial charge on any atom is -0.377 e. The van der Waals surface area contributed by atoms with Gasteiger partial charge in [-0.15, -0.1) is 0 Å². The van der Waals surface area contributed by atoms with E-state index < -0.39 is 0 Å². The largest absolute Gasteiger partial charge is 0.377 e. The van der Waals surface area contributed by atoms with E-state index in [0.29, 0.717) is 17.8 Å². The van der Waals surface area contributed by atoms with Gasteiger partial charge in [0.1, 0.15) is 5.82 Å². The molecule has 1 aliphatic rings. The highest BCUT2D eigenvalue weighted by molar-refractivity contribution is 5.77. The first-order valence-electron chi connectivity index (χ1n) is 8.08. The molecule has 2 heterocycles. The Bertz CT molecular complexity index is 747. The van der Waals surface area contributed by atoms with Crippen molar-refractivity contribution in [2.24, 2.45) is 0 Å². The lowest BCUT2D eigenvalue weighted by Gasteiger charge is -2.24. The molecule has 0 amide bonds. The van der Waals surface area contributed by atoms with Crippen molar-refractivity contribution in [3.8, 4) is 0 Å². The molecule has 0 aliphatic carbocycles. The Kier molecular flexibility index (Phi) is 4.88. The second-order valence-corrected chi connectivity index (χ2v) is 6.29. The van der Waals surface area contributed by atoms with Gasteiger partial charge in [0.25, 0.3) is 5.56 Å². The third-order valence-electron chi connectivity index (χ3n) is 4.01. The Morgan fingerprint density at radius 2 is 2.30 bits per heavy atom. The van der Waals surface area contributed by atoms with Crippen LogP contribution < -0.4 is 5.56 Å². The molecule has 0 bridgehead atoms. The molecular weight excluding hydrogens is 290 g/mol. The van der Waals surface area contributed by atoms with E-state index in [1.165, 1.54) is 0 Å². The van der Waals surface area contributed by atoms with Gasteiger partial charge in [0.2, 0.25) is 0 Å². The second-order valence-electron chi connectivity index (χ2n) is 6.29. The number of para-hydroxylation sites is 1. The molecule has 23 heavy (non-hydrogen) atoms. The first-order valence-corrected chi connectivity index (χ1v) is 8.08. The van der Waals surface area contributed by atoms with Crippen molar-refractivity contribution in [3.63, 3.8) is 0 Å². The molecular formula is C18H23N3O2. The molecule has 0 saturated carbocycles. The number of rotatable bonds is 6. The monoisotopic (exact) mass is 313 g/mol. The van der Waals surface area contributed by atoms with Crippen LogP contribution in [0.4, 0.5) is 0 Å². The summed E-state index contributed by atoms with van der Waals surface area (Å²) < 4.78 is 5.73. The molecule has 5 heteroatoms. The fourth-order valence-corrected chi connectivity index (χ4v) is 3.06. The zero-order valence-electron chi connectivity index (χ0n) is 13.5. The van der Waals surface area contributed by atoms with Gasteiger partial charge in [-0.25, -0.2) is 4.98 Å². The SMILES string of the molecule is C=C(C)CN(Cc1nc2ccccc2c(=O)[nH]1)C[C@H]1CCCO1. The summed E-state index contributed by atoms with van der Waals surface area (Å²) in [4.78, 5) is 21.9. The Hall–Kier alpha value is -1.98. The van der Waals surface area contributed by atoms with Crippen molar-refractivity contribution in [1.82, 2.24) is 14.9 Å². The normalized spacial score (nSPS) is 17.9. The van der Waals surface area contributed by atoms with E-state index in [1.54, 1.807) is 6.07 Å². The van der Waals surface area contributed by atoms with Crippen LogP contribution in [0.3, 0.4) is 0 Å². The molecule has 1 aromatic heterocycles. The quantitative estimate of drug-likeness (QED) is 0.832. The van der Waals surface area contributed by atoms with E-state index in [1.807, 2.05) is 25.1 Å². The van der Waals surface area contributed by atoms with Crippen LogP contribution in [0.2, 0.25) is 0 Å². The van der Waals surface area contributed by atoms with Crippen LogP contribution in [0.1, 0.15) is 25.6 Å². The number of H-pyrrole nitrogens is 1. The number of nitrogens with one attached hydrogen (secondary N) is 1. The van der Waals surface area contributed by atoms with Crippen LogP contribution in [0, 0.1) is 0 Å². The summed E-state index contributed by atoms with van der Waals surface area (Å²) in [6.07, 6.45) is 2.48. The molecule has 2 aromatic rings. The predicted octanol–water partition coefficient (Wildman–Crippen LogP) is 2.48.